The minimum absolute atomic E-state index is 0.715. The van der Waals surface area contributed by atoms with E-state index in [1.54, 1.807) is 0 Å². The average molecular weight is 191 g/mol. The van der Waals surface area contributed by atoms with Crippen LogP contribution in [0.4, 0.5) is 0 Å². The zero-order chi connectivity index (χ0) is 9.97. The van der Waals surface area contributed by atoms with Crippen molar-refractivity contribution < 1.29 is 0 Å². The van der Waals surface area contributed by atoms with E-state index in [2.05, 4.69) is 22.9 Å². The smallest absolute Gasteiger partial charge is 0.0417 e. The summed E-state index contributed by atoms with van der Waals surface area (Å²) >= 11 is 0. The number of pyridine rings is 1. The van der Waals surface area contributed by atoms with Gasteiger partial charge in [0.1, 0.15) is 0 Å². The number of hydrogen-bond donors (Lipinski definition) is 1. The van der Waals surface area contributed by atoms with E-state index >= 15 is 0 Å². The molecule has 2 N–H and O–H groups in total. The number of nitrogens with zero attached hydrogens (tertiary/aromatic N) is 2. The highest BCUT2D eigenvalue weighted by Gasteiger charge is 2.25. The molecule has 0 amide bonds. The van der Waals surface area contributed by atoms with Gasteiger partial charge in [0.2, 0.25) is 0 Å². The van der Waals surface area contributed by atoms with Gasteiger partial charge in [0.05, 0.1) is 0 Å². The molecule has 0 aromatic carbocycles. The molecular formula is C11H17N3. The second kappa shape index (κ2) is 4.07. The van der Waals surface area contributed by atoms with E-state index in [4.69, 9.17) is 5.73 Å². The van der Waals surface area contributed by atoms with Crippen molar-refractivity contribution >= 4 is 0 Å². The summed E-state index contributed by atoms with van der Waals surface area (Å²) in [4.78, 5) is 6.70. The normalized spacial score (nSPS) is 18.1. The van der Waals surface area contributed by atoms with Crippen LogP contribution in [0.5, 0.6) is 0 Å². The lowest BCUT2D eigenvalue weighted by atomic mass is 9.99. The van der Waals surface area contributed by atoms with E-state index in [1.165, 1.54) is 5.56 Å². The summed E-state index contributed by atoms with van der Waals surface area (Å²) in [6, 6.07) is 4.15. The van der Waals surface area contributed by atoms with Crippen molar-refractivity contribution in [2.24, 2.45) is 11.7 Å². The highest BCUT2D eigenvalue weighted by atomic mass is 15.2. The van der Waals surface area contributed by atoms with Crippen molar-refractivity contribution in [1.29, 1.82) is 0 Å². The summed E-state index contributed by atoms with van der Waals surface area (Å²) in [5.41, 5.74) is 8.06. The van der Waals surface area contributed by atoms with E-state index in [9.17, 15) is 0 Å². The Labute approximate surface area is 84.9 Å². The Balaban J connectivity index is 1.90. The molecule has 0 bridgehead atoms. The van der Waals surface area contributed by atoms with E-state index in [0.29, 0.717) is 5.92 Å². The Kier molecular flexibility index (Phi) is 2.79. The van der Waals surface area contributed by atoms with Crippen LogP contribution in [0.15, 0.2) is 18.3 Å². The molecule has 2 heterocycles. The average Bonchev–Trinajstić information content (AvgIpc) is 2.13. The molecule has 14 heavy (non-hydrogen) atoms. The Morgan fingerprint density at radius 2 is 2.36 bits per heavy atom. The second-order valence-corrected chi connectivity index (χ2v) is 4.04. The second-order valence-electron chi connectivity index (χ2n) is 4.04. The van der Waals surface area contributed by atoms with Gasteiger partial charge in [-0.3, -0.25) is 9.88 Å². The first-order chi connectivity index (χ1) is 6.79. The molecule has 1 aliphatic heterocycles. The Morgan fingerprint density at radius 3 is 3.00 bits per heavy atom. The van der Waals surface area contributed by atoms with Crippen molar-refractivity contribution in [3.63, 3.8) is 0 Å². The molecule has 0 radical (unpaired) electrons. The minimum Gasteiger partial charge on any atom is -0.330 e. The molecule has 1 saturated heterocycles. The van der Waals surface area contributed by atoms with Crippen LogP contribution in [0.2, 0.25) is 0 Å². The number of aryl methyl sites for hydroxylation is 1. The maximum atomic E-state index is 5.58. The molecular weight excluding hydrogens is 174 g/mol. The van der Waals surface area contributed by atoms with Gasteiger partial charge in [0, 0.05) is 31.5 Å². The summed E-state index contributed by atoms with van der Waals surface area (Å²) in [5, 5.41) is 0. The van der Waals surface area contributed by atoms with Crippen LogP contribution in [0.25, 0.3) is 0 Å². The van der Waals surface area contributed by atoms with Gasteiger partial charge in [-0.1, -0.05) is 6.07 Å². The monoisotopic (exact) mass is 191 g/mol. The molecule has 1 aromatic heterocycles. The molecule has 1 aromatic rings. The highest BCUT2D eigenvalue weighted by molar-refractivity contribution is 5.18. The topological polar surface area (TPSA) is 42.2 Å². The lowest BCUT2D eigenvalue weighted by Crippen LogP contribution is -2.49. The number of aromatic nitrogens is 1. The van der Waals surface area contributed by atoms with Crippen LogP contribution >= 0.6 is 0 Å². The maximum Gasteiger partial charge on any atom is 0.0417 e. The third-order valence-corrected chi connectivity index (χ3v) is 2.88. The summed E-state index contributed by atoms with van der Waals surface area (Å²) in [7, 11) is 0. The zero-order valence-corrected chi connectivity index (χ0v) is 8.61. The fourth-order valence-corrected chi connectivity index (χ4v) is 1.88. The standard InChI is InChI=1S/C11H17N3/c1-9-11(3-2-4-13-9)8-14-6-10(5-12)7-14/h2-4,10H,5-8,12H2,1H3. The highest BCUT2D eigenvalue weighted by Crippen LogP contribution is 2.18. The Bertz CT molecular complexity index is 305. The quantitative estimate of drug-likeness (QED) is 0.767. The van der Waals surface area contributed by atoms with Crippen LogP contribution in [-0.4, -0.2) is 29.5 Å². The van der Waals surface area contributed by atoms with Crippen molar-refractivity contribution in [1.82, 2.24) is 9.88 Å². The Morgan fingerprint density at radius 1 is 1.57 bits per heavy atom. The lowest BCUT2D eigenvalue weighted by molar-refractivity contribution is 0.0976. The van der Waals surface area contributed by atoms with E-state index < -0.39 is 0 Å². The van der Waals surface area contributed by atoms with Crippen molar-refractivity contribution in [2.45, 2.75) is 13.5 Å². The fourth-order valence-electron chi connectivity index (χ4n) is 1.88. The van der Waals surface area contributed by atoms with Gasteiger partial charge < -0.3 is 5.73 Å². The molecule has 0 saturated carbocycles. The molecule has 3 nitrogen and oxygen atoms in total. The summed E-state index contributed by atoms with van der Waals surface area (Å²) in [6.45, 7) is 6.20. The SMILES string of the molecule is Cc1ncccc1CN1CC(CN)C1. The maximum absolute atomic E-state index is 5.58. The summed E-state index contributed by atoms with van der Waals surface area (Å²) in [6.07, 6.45) is 1.84. The molecule has 1 aliphatic rings. The van der Waals surface area contributed by atoms with Gasteiger partial charge in [0.15, 0.2) is 0 Å². The third kappa shape index (κ3) is 1.94. The predicted molar refractivity (Wildman–Crippen MR) is 56.8 cm³/mol. The third-order valence-electron chi connectivity index (χ3n) is 2.88. The molecule has 0 spiro atoms. The number of rotatable bonds is 3. The first-order valence-electron chi connectivity index (χ1n) is 5.12. The summed E-state index contributed by atoms with van der Waals surface area (Å²) < 4.78 is 0. The lowest BCUT2D eigenvalue weighted by Gasteiger charge is -2.38. The Hall–Kier alpha value is -0.930. The molecule has 0 aliphatic carbocycles. The van der Waals surface area contributed by atoms with E-state index in [-0.39, 0.29) is 0 Å². The van der Waals surface area contributed by atoms with Gasteiger partial charge in [-0.05, 0) is 31.0 Å². The van der Waals surface area contributed by atoms with Crippen LogP contribution in [0, 0.1) is 12.8 Å². The summed E-state index contributed by atoms with van der Waals surface area (Å²) in [5.74, 6) is 0.715. The van der Waals surface area contributed by atoms with E-state index in [1.807, 2.05) is 12.3 Å². The first kappa shape index (κ1) is 9.62. The van der Waals surface area contributed by atoms with Crippen molar-refractivity contribution in [3.8, 4) is 0 Å². The fraction of sp³-hybridized carbons (Fsp3) is 0.545. The number of hydrogen-bond acceptors (Lipinski definition) is 3. The largest absolute Gasteiger partial charge is 0.330 e. The number of nitrogens with two attached hydrogens (primary N) is 1. The molecule has 0 unspecified atom stereocenters. The minimum atomic E-state index is 0.715. The van der Waals surface area contributed by atoms with Gasteiger partial charge in [-0.2, -0.15) is 0 Å². The molecule has 2 rings (SSSR count). The number of likely N-dealkylation sites (tertiary alicyclic amines) is 1. The predicted octanol–water partition coefficient (Wildman–Crippen LogP) is 0.781. The molecule has 3 heteroatoms. The zero-order valence-electron chi connectivity index (χ0n) is 8.61. The van der Waals surface area contributed by atoms with Crippen molar-refractivity contribution in [2.75, 3.05) is 19.6 Å². The van der Waals surface area contributed by atoms with Gasteiger partial charge >= 0.3 is 0 Å². The van der Waals surface area contributed by atoms with Gasteiger partial charge in [0.25, 0.3) is 0 Å². The van der Waals surface area contributed by atoms with Crippen LogP contribution in [0.1, 0.15) is 11.3 Å². The molecule has 0 atom stereocenters. The van der Waals surface area contributed by atoms with Gasteiger partial charge in [-0.25, -0.2) is 0 Å². The van der Waals surface area contributed by atoms with Crippen LogP contribution in [0.3, 0.4) is 0 Å². The van der Waals surface area contributed by atoms with E-state index in [0.717, 1.165) is 31.9 Å². The molecule has 76 valence electrons. The van der Waals surface area contributed by atoms with Crippen LogP contribution < -0.4 is 5.73 Å². The molecule has 1 fully saturated rings. The van der Waals surface area contributed by atoms with Gasteiger partial charge in [-0.15, -0.1) is 0 Å². The van der Waals surface area contributed by atoms with Crippen molar-refractivity contribution in [3.05, 3.63) is 29.6 Å². The first-order valence-corrected chi connectivity index (χ1v) is 5.12. The van der Waals surface area contributed by atoms with Crippen LogP contribution in [-0.2, 0) is 6.54 Å².